The Morgan fingerprint density at radius 1 is 1.16 bits per heavy atom. The number of benzene rings is 1. The van der Waals surface area contributed by atoms with Crippen molar-refractivity contribution in [3.63, 3.8) is 0 Å². The van der Waals surface area contributed by atoms with Crippen molar-refractivity contribution in [2.75, 3.05) is 0 Å². The van der Waals surface area contributed by atoms with Crippen LogP contribution in [0.4, 0.5) is 0 Å². The molecule has 3 nitrogen and oxygen atoms in total. The van der Waals surface area contributed by atoms with Crippen LogP contribution in [0.25, 0.3) is 11.3 Å². The van der Waals surface area contributed by atoms with Crippen LogP contribution in [0.2, 0.25) is 0 Å². The molecule has 1 aromatic carbocycles. The van der Waals surface area contributed by atoms with Crippen LogP contribution in [0.15, 0.2) is 47.8 Å². The molecule has 25 heavy (non-hydrogen) atoms. The molecular formula is C20H22N2OS2. The summed E-state index contributed by atoms with van der Waals surface area (Å²) >= 11 is 3.29. The van der Waals surface area contributed by atoms with Crippen LogP contribution in [-0.4, -0.2) is 10.9 Å². The minimum Gasteiger partial charge on any atom is -0.348 e. The van der Waals surface area contributed by atoms with E-state index in [9.17, 15) is 4.79 Å². The van der Waals surface area contributed by atoms with Gasteiger partial charge in [0.25, 0.3) is 0 Å². The van der Waals surface area contributed by atoms with E-state index < -0.39 is 0 Å². The van der Waals surface area contributed by atoms with E-state index in [1.54, 1.807) is 22.7 Å². The summed E-state index contributed by atoms with van der Waals surface area (Å²) in [5.41, 5.74) is 1.99. The molecule has 0 radical (unpaired) electrons. The highest BCUT2D eigenvalue weighted by atomic mass is 32.1. The lowest BCUT2D eigenvalue weighted by molar-refractivity contribution is -0.121. The minimum absolute atomic E-state index is 0.0490. The molecule has 1 N–H and O–H groups in total. The Morgan fingerprint density at radius 2 is 1.92 bits per heavy atom. The average Bonchev–Trinajstić information content (AvgIpc) is 3.23. The normalized spacial score (nSPS) is 12.3. The summed E-state index contributed by atoms with van der Waals surface area (Å²) in [7, 11) is 0. The standard InChI is InChI=1S/C20H22N2OS2/c1-13(2)19(16-10-7-11-24-16)22-18(23)12-17-20(21-14(3)25-17)15-8-5-4-6-9-15/h4-11,13,19H,12H2,1-3H3,(H,22,23). The first-order chi connectivity index (χ1) is 12.0. The number of nitrogens with zero attached hydrogens (tertiary/aromatic N) is 1. The van der Waals surface area contributed by atoms with Gasteiger partial charge in [0.1, 0.15) is 0 Å². The van der Waals surface area contributed by atoms with E-state index in [4.69, 9.17) is 0 Å². The van der Waals surface area contributed by atoms with Crippen molar-refractivity contribution in [1.82, 2.24) is 10.3 Å². The van der Waals surface area contributed by atoms with Gasteiger partial charge in [-0.05, 0) is 24.3 Å². The van der Waals surface area contributed by atoms with E-state index in [1.165, 1.54) is 4.88 Å². The Bertz CT molecular complexity index is 823. The summed E-state index contributed by atoms with van der Waals surface area (Å²) in [6.45, 7) is 6.26. The first-order valence-corrected chi connectivity index (χ1v) is 10.1. The largest absolute Gasteiger partial charge is 0.348 e. The summed E-state index contributed by atoms with van der Waals surface area (Å²) in [4.78, 5) is 19.6. The van der Waals surface area contributed by atoms with Gasteiger partial charge in [-0.3, -0.25) is 4.79 Å². The number of nitrogens with one attached hydrogen (secondary N) is 1. The first-order valence-electron chi connectivity index (χ1n) is 8.39. The van der Waals surface area contributed by atoms with Crippen molar-refractivity contribution < 1.29 is 4.79 Å². The molecule has 130 valence electrons. The molecule has 0 aliphatic carbocycles. The summed E-state index contributed by atoms with van der Waals surface area (Å²) < 4.78 is 0. The van der Waals surface area contributed by atoms with Crippen molar-refractivity contribution in [3.8, 4) is 11.3 Å². The predicted molar refractivity (Wildman–Crippen MR) is 106 cm³/mol. The Labute approximate surface area is 156 Å². The van der Waals surface area contributed by atoms with Crippen LogP contribution in [-0.2, 0) is 11.2 Å². The summed E-state index contributed by atoms with van der Waals surface area (Å²) in [6, 6.07) is 14.2. The molecule has 2 aromatic heterocycles. The third kappa shape index (κ3) is 4.35. The van der Waals surface area contributed by atoms with E-state index >= 15 is 0 Å². The van der Waals surface area contributed by atoms with Gasteiger partial charge in [-0.1, -0.05) is 50.2 Å². The topological polar surface area (TPSA) is 42.0 Å². The van der Waals surface area contributed by atoms with Crippen molar-refractivity contribution in [2.45, 2.75) is 33.2 Å². The number of thiophene rings is 1. The van der Waals surface area contributed by atoms with E-state index in [0.29, 0.717) is 12.3 Å². The number of thiazole rings is 1. The van der Waals surface area contributed by atoms with Crippen LogP contribution >= 0.6 is 22.7 Å². The number of aryl methyl sites for hydroxylation is 1. The predicted octanol–water partition coefficient (Wildman–Crippen LogP) is 5.24. The summed E-state index contributed by atoms with van der Waals surface area (Å²) in [5.74, 6) is 0.396. The van der Waals surface area contributed by atoms with Gasteiger partial charge in [0, 0.05) is 15.3 Å². The highest BCUT2D eigenvalue weighted by molar-refractivity contribution is 7.12. The Kier molecular flexibility index (Phi) is 5.66. The Morgan fingerprint density at radius 3 is 2.56 bits per heavy atom. The lowest BCUT2D eigenvalue weighted by Gasteiger charge is -2.21. The Balaban J connectivity index is 1.77. The monoisotopic (exact) mass is 370 g/mol. The van der Waals surface area contributed by atoms with Gasteiger partial charge in [0.15, 0.2) is 0 Å². The van der Waals surface area contributed by atoms with Gasteiger partial charge in [-0.2, -0.15) is 0 Å². The molecule has 0 aliphatic rings. The van der Waals surface area contributed by atoms with Gasteiger partial charge >= 0.3 is 0 Å². The minimum atomic E-state index is 0.0490. The van der Waals surface area contributed by atoms with Crippen LogP contribution in [0.5, 0.6) is 0 Å². The second-order valence-electron chi connectivity index (χ2n) is 6.35. The number of amides is 1. The third-order valence-corrected chi connectivity index (χ3v) is 5.93. The van der Waals surface area contributed by atoms with E-state index in [2.05, 4.69) is 35.6 Å². The van der Waals surface area contributed by atoms with Crippen molar-refractivity contribution in [2.24, 2.45) is 5.92 Å². The number of hydrogen-bond acceptors (Lipinski definition) is 4. The van der Waals surface area contributed by atoms with Crippen LogP contribution in [0.1, 0.15) is 34.7 Å². The molecule has 0 saturated carbocycles. The SMILES string of the molecule is Cc1nc(-c2ccccc2)c(CC(=O)NC(c2cccs2)C(C)C)s1. The van der Waals surface area contributed by atoms with Crippen molar-refractivity contribution in [1.29, 1.82) is 0 Å². The second kappa shape index (κ2) is 7.93. The van der Waals surface area contributed by atoms with Crippen molar-refractivity contribution >= 4 is 28.6 Å². The maximum Gasteiger partial charge on any atom is 0.225 e. The summed E-state index contributed by atoms with van der Waals surface area (Å²) in [5, 5.41) is 6.24. The fraction of sp³-hybridized carbons (Fsp3) is 0.300. The van der Waals surface area contributed by atoms with E-state index in [0.717, 1.165) is 21.1 Å². The highest BCUT2D eigenvalue weighted by Crippen LogP contribution is 2.29. The molecule has 3 rings (SSSR count). The average molecular weight is 371 g/mol. The molecule has 0 spiro atoms. The molecule has 1 amide bonds. The van der Waals surface area contributed by atoms with Gasteiger partial charge < -0.3 is 5.32 Å². The smallest absolute Gasteiger partial charge is 0.225 e. The number of rotatable bonds is 6. The Hall–Kier alpha value is -1.98. The zero-order valence-corrected chi connectivity index (χ0v) is 16.3. The number of carbonyl (C=O) groups excluding carboxylic acids is 1. The third-order valence-electron chi connectivity index (χ3n) is 4.01. The quantitative estimate of drug-likeness (QED) is 0.645. The number of aromatic nitrogens is 1. The first kappa shape index (κ1) is 17.8. The summed E-state index contributed by atoms with van der Waals surface area (Å²) in [6.07, 6.45) is 0.365. The molecule has 2 heterocycles. The van der Waals surface area contributed by atoms with Gasteiger partial charge in [0.2, 0.25) is 5.91 Å². The molecule has 3 aromatic rings. The molecule has 1 atom stereocenters. The zero-order chi connectivity index (χ0) is 17.8. The highest BCUT2D eigenvalue weighted by Gasteiger charge is 2.21. The van der Waals surface area contributed by atoms with Crippen LogP contribution in [0.3, 0.4) is 0 Å². The van der Waals surface area contributed by atoms with Crippen LogP contribution in [0, 0.1) is 12.8 Å². The molecule has 0 fully saturated rings. The number of hydrogen-bond donors (Lipinski definition) is 1. The molecule has 1 unspecified atom stereocenters. The van der Waals surface area contributed by atoms with Gasteiger partial charge in [-0.15, -0.1) is 22.7 Å². The van der Waals surface area contributed by atoms with E-state index in [-0.39, 0.29) is 11.9 Å². The second-order valence-corrected chi connectivity index (χ2v) is 8.62. The van der Waals surface area contributed by atoms with Gasteiger partial charge in [-0.25, -0.2) is 4.98 Å². The lowest BCUT2D eigenvalue weighted by atomic mass is 10.0. The molecule has 0 bridgehead atoms. The maximum absolute atomic E-state index is 12.7. The molecule has 0 saturated heterocycles. The lowest BCUT2D eigenvalue weighted by Crippen LogP contribution is -2.32. The zero-order valence-electron chi connectivity index (χ0n) is 14.7. The fourth-order valence-corrected chi connectivity index (χ4v) is 4.72. The van der Waals surface area contributed by atoms with Crippen molar-refractivity contribution in [3.05, 3.63) is 62.6 Å². The molecule has 5 heteroatoms. The number of carbonyl (C=O) groups is 1. The van der Waals surface area contributed by atoms with E-state index in [1.807, 2.05) is 43.3 Å². The maximum atomic E-state index is 12.7. The van der Waals surface area contributed by atoms with Gasteiger partial charge in [0.05, 0.1) is 23.2 Å². The van der Waals surface area contributed by atoms with Crippen LogP contribution < -0.4 is 5.32 Å². The molecule has 0 aliphatic heterocycles. The molecular weight excluding hydrogens is 348 g/mol. The fourth-order valence-electron chi connectivity index (χ4n) is 2.82.